The van der Waals surface area contributed by atoms with Gasteiger partial charge in [-0.3, -0.25) is 9.59 Å². The van der Waals surface area contributed by atoms with Gasteiger partial charge in [0.15, 0.2) is 0 Å². The van der Waals surface area contributed by atoms with Crippen molar-refractivity contribution in [1.82, 2.24) is 15.1 Å². The summed E-state index contributed by atoms with van der Waals surface area (Å²) in [5, 5.41) is 9.25. The molecule has 0 spiro atoms. The molecular weight excluding hydrogens is 334 g/mol. The van der Waals surface area contributed by atoms with E-state index < -0.39 is 5.54 Å². The molecule has 1 aromatic carbocycles. The van der Waals surface area contributed by atoms with Crippen LogP contribution in [0, 0.1) is 0 Å². The summed E-state index contributed by atoms with van der Waals surface area (Å²) in [6.45, 7) is 3.79. The molecule has 6 heteroatoms. The minimum absolute atomic E-state index is 0.255. The Balaban J connectivity index is 1.84. The molecule has 2 aromatic heterocycles. The summed E-state index contributed by atoms with van der Waals surface area (Å²) in [6.07, 6.45) is 0. The molecule has 0 aliphatic rings. The normalized spacial score (nSPS) is 11.3. The summed E-state index contributed by atoms with van der Waals surface area (Å²) in [5.74, 6) is -0.255. The van der Waals surface area contributed by atoms with Gasteiger partial charge in [0.1, 0.15) is 11.2 Å². The number of carbonyl (C=O) groups is 1. The fourth-order valence-electron chi connectivity index (χ4n) is 2.46. The molecule has 0 bridgehead atoms. The molecule has 0 saturated heterocycles. The monoisotopic (exact) mass is 353 g/mol. The third-order valence-corrected chi connectivity index (χ3v) is 4.85. The van der Waals surface area contributed by atoms with Crippen molar-refractivity contribution in [3.63, 3.8) is 0 Å². The van der Waals surface area contributed by atoms with Crippen molar-refractivity contribution in [2.75, 3.05) is 0 Å². The van der Waals surface area contributed by atoms with Crippen LogP contribution in [0.25, 0.3) is 10.6 Å². The smallest absolute Gasteiger partial charge is 0.267 e. The molecular formula is C19H19N3O2S. The Kier molecular flexibility index (Phi) is 4.81. The Morgan fingerprint density at radius 2 is 1.88 bits per heavy atom. The molecule has 5 nitrogen and oxygen atoms in total. The minimum Gasteiger partial charge on any atom is -0.350 e. The van der Waals surface area contributed by atoms with E-state index in [4.69, 9.17) is 0 Å². The van der Waals surface area contributed by atoms with E-state index in [1.807, 2.05) is 47.8 Å². The van der Waals surface area contributed by atoms with E-state index in [1.54, 1.807) is 19.9 Å². The Morgan fingerprint density at radius 3 is 2.56 bits per heavy atom. The minimum atomic E-state index is -1.10. The highest BCUT2D eigenvalue weighted by atomic mass is 32.1. The van der Waals surface area contributed by atoms with Crippen LogP contribution in [0.15, 0.2) is 64.8 Å². The van der Waals surface area contributed by atoms with Crippen molar-refractivity contribution >= 4 is 17.2 Å². The third-order valence-electron chi connectivity index (χ3n) is 3.95. The molecule has 25 heavy (non-hydrogen) atoms. The first-order valence-corrected chi connectivity index (χ1v) is 8.83. The first-order chi connectivity index (χ1) is 12.0. The summed E-state index contributed by atoms with van der Waals surface area (Å²) in [4.78, 5) is 25.9. The maximum absolute atomic E-state index is 12.7. The SMILES string of the molecule is CC(C)(C(=O)NCc1ccccc1)n1nc(-c2cccs2)ccc1=O. The second kappa shape index (κ2) is 7.03. The number of aromatic nitrogens is 2. The number of carbonyl (C=O) groups excluding carboxylic acids is 1. The number of hydrogen-bond acceptors (Lipinski definition) is 4. The van der Waals surface area contributed by atoms with E-state index in [-0.39, 0.29) is 11.5 Å². The van der Waals surface area contributed by atoms with Gasteiger partial charge in [-0.1, -0.05) is 36.4 Å². The van der Waals surface area contributed by atoms with E-state index in [9.17, 15) is 9.59 Å². The molecule has 1 N–H and O–H groups in total. The van der Waals surface area contributed by atoms with Crippen LogP contribution in [0.2, 0.25) is 0 Å². The van der Waals surface area contributed by atoms with Crippen LogP contribution in [0.1, 0.15) is 19.4 Å². The van der Waals surface area contributed by atoms with Crippen molar-refractivity contribution in [2.24, 2.45) is 0 Å². The van der Waals surface area contributed by atoms with Crippen molar-refractivity contribution in [3.8, 4) is 10.6 Å². The van der Waals surface area contributed by atoms with Crippen LogP contribution in [0.5, 0.6) is 0 Å². The highest BCUT2D eigenvalue weighted by molar-refractivity contribution is 7.13. The summed E-state index contributed by atoms with van der Waals surface area (Å²) in [7, 11) is 0. The van der Waals surface area contributed by atoms with E-state index in [0.717, 1.165) is 10.4 Å². The summed E-state index contributed by atoms with van der Waals surface area (Å²) in [6, 6.07) is 16.6. The lowest BCUT2D eigenvalue weighted by Crippen LogP contribution is -2.49. The highest BCUT2D eigenvalue weighted by Crippen LogP contribution is 2.22. The molecule has 0 saturated carbocycles. The van der Waals surface area contributed by atoms with Crippen molar-refractivity contribution < 1.29 is 4.79 Å². The quantitative estimate of drug-likeness (QED) is 0.767. The van der Waals surface area contributed by atoms with E-state index in [2.05, 4.69) is 10.4 Å². The molecule has 2 heterocycles. The van der Waals surface area contributed by atoms with Gasteiger partial charge in [0.25, 0.3) is 5.56 Å². The topological polar surface area (TPSA) is 64.0 Å². The number of rotatable bonds is 5. The zero-order valence-electron chi connectivity index (χ0n) is 14.1. The Hall–Kier alpha value is -2.73. The molecule has 0 atom stereocenters. The number of amides is 1. The molecule has 3 rings (SSSR count). The molecule has 0 fully saturated rings. The van der Waals surface area contributed by atoms with E-state index in [0.29, 0.717) is 12.2 Å². The average Bonchev–Trinajstić information content (AvgIpc) is 3.15. The predicted molar refractivity (Wildman–Crippen MR) is 99.4 cm³/mol. The lowest BCUT2D eigenvalue weighted by Gasteiger charge is -2.25. The van der Waals surface area contributed by atoms with Gasteiger partial charge in [0.2, 0.25) is 5.91 Å². The van der Waals surface area contributed by atoms with E-state index >= 15 is 0 Å². The van der Waals surface area contributed by atoms with Crippen molar-refractivity contribution in [2.45, 2.75) is 25.9 Å². The number of nitrogens with one attached hydrogen (secondary N) is 1. The average molecular weight is 353 g/mol. The molecule has 0 unspecified atom stereocenters. The summed E-state index contributed by atoms with van der Waals surface area (Å²) < 4.78 is 1.25. The van der Waals surface area contributed by atoms with Gasteiger partial charge in [-0.25, -0.2) is 4.68 Å². The molecule has 0 aliphatic carbocycles. The summed E-state index contributed by atoms with van der Waals surface area (Å²) in [5.41, 5.74) is 0.275. The predicted octanol–water partition coefficient (Wildman–Crippen LogP) is 3.02. The fourth-order valence-corrected chi connectivity index (χ4v) is 3.15. The molecule has 0 radical (unpaired) electrons. The molecule has 3 aromatic rings. The Morgan fingerprint density at radius 1 is 1.12 bits per heavy atom. The van der Waals surface area contributed by atoms with Crippen LogP contribution in [-0.2, 0) is 16.9 Å². The van der Waals surface area contributed by atoms with Gasteiger partial charge in [-0.2, -0.15) is 5.10 Å². The Bertz CT molecular complexity index is 915. The van der Waals surface area contributed by atoms with Crippen LogP contribution in [0.4, 0.5) is 0 Å². The van der Waals surface area contributed by atoms with Gasteiger partial charge in [0, 0.05) is 12.6 Å². The largest absolute Gasteiger partial charge is 0.350 e. The lowest BCUT2D eigenvalue weighted by molar-refractivity contribution is -0.129. The number of hydrogen-bond donors (Lipinski definition) is 1. The fraction of sp³-hybridized carbons (Fsp3) is 0.211. The standard InChI is InChI=1S/C19H19N3O2S/c1-19(2,18(24)20-13-14-7-4-3-5-8-14)22-17(23)11-10-15(21-22)16-9-6-12-25-16/h3-12H,13H2,1-2H3,(H,20,24). The highest BCUT2D eigenvalue weighted by Gasteiger charge is 2.32. The maximum Gasteiger partial charge on any atom is 0.267 e. The van der Waals surface area contributed by atoms with Crippen LogP contribution in [-0.4, -0.2) is 15.7 Å². The van der Waals surface area contributed by atoms with Gasteiger partial charge in [0.05, 0.1) is 4.88 Å². The Labute approximate surface area is 150 Å². The van der Waals surface area contributed by atoms with E-state index in [1.165, 1.54) is 22.1 Å². The second-order valence-corrected chi connectivity index (χ2v) is 7.12. The van der Waals surface area contributed by atoms with Crippen LogP contribution < -0.4 is 10.9 Å². The number of benzene rings is 1. The van der Waals surface area contributed by atoms with Crippen molar-refractivity contribution in [3.05, 3.63) is 75.9 Å². The lowest BCUT2D eigenvalue weighted by atomic mass is 10.0. The zero-order chi connectivity index (χ0) is 17.9. The number of nitrogens with zero attached hydrogens (tertiary/aromatic N) is 2. The first kappa shape index (κ1) is 17.1. The van der Waals surface area contributed by atoms with Crippen molar-refractivity contribution in [1.29, 1.82) is 0 Å². The maximum atomic E-state index is 12.7. The third kappa shape index (κ3) is 3.69. The van der Waals surface area contributed by atoms with Gasteiger partial charge < -0.3 is 5.32 Å². The second-order valence-electron chi connectivity index (χ2n) is 6.17. The zero-order valence-corrected chi connectivity index (χ0v) is 14.9. The van der Waals surface area contributed by atoms with Gasteiger partial charge in [-0.15, -0.1) is 11.3 Å². The molecule has 0 aliphatic heterocycles. The number of thiophene rings is 1. The van der Waals surface area contributed by atoms with Crippen LogP contribution >= 0.6 is 11.3 Å². The summed E-state index contributed by atoms with van der Waals surface area (Å²) >= 11 is 1.54. The molecule has 128 valence electrons. The van der Waals surface area contributed by atoms with Crippen LogP contribution in [0.3, 0.4) is 0 Å². The van der Waals surface area contributed by atoms with Gasteiger partial charge >= 0.3 is 0 Å². The molecule has 1 amide bonds. The van der Waals surface area contributed by atoms with Gasteiger partial charge in [-0.05, 0) is 36.9 Å². The first-order valence-electron chi connectivity index (χ1n) is 7.95.